The summed E-state index contributed by atoms with van der Waals surface area (Å²) in [6.07, 6.45) is 2.62. The van der Waals surface area contributed by atoms with E-state index >= 15 is 0 Å². The van der Waals surface area contributed by atoms with Crippen molar-refractivity contribution in [1.82, 2.24) is 0 Å². The average molecular weight is 291 g/mol. The Balaban J connectivity index is 2.45. The fourth-order valence-corrected chi connectivity index (χ4v) is 2.42. The standard InChI is InChI=1S/C15H21N3O3/c1-4-15(3,5-2)17-12-9-11-10(6-7-14(19)16-11)8-13(12)18(20)21/h8-9,17H,4-7H2,1-3H3,(H,16,19). The number of hydrogen-bond donors (Lipinski definition) is 2. The van der Waals surface area contributed by atoms with Gasteiger partial charge in [-0.2, -0.15) is 0 Å². The second-order valence-corrected chi connectivity index (χ2v) is 5.72. The lowest BCUT2D eigenvalue weighted by atomic mass is 9.94. The first-order chi connectivity index (χ1) is 9.88. The molecule has 6 heteroatoms. The Morgan fingerprint density at radius 2 is 2.00 bits per heavy atom. The molecule has 21 heavy (non-hydrogen) atoms. The molecule has 0 saturated carbocycles. The van der Waals surface area contributed by atoms with Gasteiger partial charge in [0.05, 0.1) is 4.92 Å². The maximum atomic E-state index is 11.5. The highest BCUT2D eigenvalue weighted by molar-refractivity contribution is 5.95. The largest absolute Gasteiger partial charge is 0.374 e. The molecule has 0 saturated heterocycles. The van der Waals surface area contributed by atoms with Crippen molar-refractivity contribution in [2.45, 2.75) is 52.0 Å². The van der Waals surface area contributed by atoms with Crippen LogP contribution in [0.15, 0.2) is 12.1 Å². The lowest BCUT2D eigenvalue weighted by Crippen LogP contribution is -2.33. The molecule has 0 fully saturated rings. The zero-order chi connectivity index (χ0) is 15.6. The Morgan fingerprint density at radius 1 is 1.33 bits per heavy atom. The second-order valence-electron chi connectivity index (χ2n) is 5.72. The fraction of sp³-hybridized carbons (Fsp3) is 0.533. The summed E-state index contributed by atoms with van der Waals surface area (Å²) in [6, 6.07) is 3.26. The van der Waals surface area contributed by atoms with Gasteiger partial charge >= 0.3 is 0 Å². The van der Waals surface area contributed by atoms with E-state index in [1.165, 1.54) is 0 Å². The van der Waals surface area contributed by atoms with Crippen LogP contribution in [-0.4, -0.2) is 16.4 Å². The van der Waals surface area contributed by atoms with Gasteiger partial charge in [-0.05, 0) is 37.8 Å². The van der Waals surface area contributed by atoms with Crippen molar-refractivity contribution in [2.75, 3.05) is 10.6 Å². The third-order valence-corrected chi connectivity index (χ3v) is 4.31. The predicted octanol–water partition coefficient (Wildman–Crippen LogP) is 3.47. The third kappa shape index (κ3) is 3.15. The predicted molar refractivity (Wildman–Crippen MR) is 82.7 cm³/mol. The molecule has 0 atom stereocenters. The number of benzene rings is 1. The summed E-state index contributed by atoms with van der Waals surface area (Å²) >= 11 is 0. The van der Waals surface area contributed by atoms with Crippen LogP contribution in [0.25, 0.3) is 0 Å². The van der Waals surface area contributed by atoms with Crippen molar-refractivity contribution >= 4 is 23.0 Å². The van der Waals surface area contributed by atoms with Crippen molar-refractivity contribution in [2.24, 2.45) is 0 Å². The van der Waals surface area contributed by atoms with E-state index in [1.54, 1.807) is 12.1 Å². The minimum Gasteiger partial charge on any atom is -0.374 e. The summed E-state index contributed by atoms with van der Waals surface area (Å²) in [7, 11) is 0. The number of nitro groups is 1. The van der Waals surface area contributed by atoms with Gasteiger partial charge in [-0.15, -0.1) is 0 Å². The van der Waals surface area contributed by atoms with Crippen LogP contribution in [-0.2, 0) is 11.2 Å². The van der Waals surface area contributed by atoms with Crippen LogP contribution in [0.1, 0.15) is 45.6 Å². The van der Waals surface area contributed by atoms with E-state index in [0.717, 1.165) is 18.4 Å². The van der Waals surface area contributed by atoms with E-state index in [2.05, 4.69) is 10.6 Å². The maximum absolute atomic E-state index is 11.5. The average Bonchev–Trinajstić information content (AvgIpc) is 2.46. The van der Waals surface area contributed by atoms with Crippen LogP contribution in [0.2, 0.25) is 0 Å². The van der Waals surface area contributed by atoms with Crippen molar-refractivity contribution in [1.29, 1.82) is 0 Å². The number of aryl methyl sites for hydroxylation is 1. The van der Waals surface area contributed by atoms with Crippen LogP contribution in [0.4, 0.5) is 17.1 Å². The Morgan fingerprint density at radius 3 is 2.57 bits per heavy atom. The van der Waals surface area contributed by atoms with E-state index in [1.807, 2.05) is 20.8 Å². The molecular formula is C15H21N3O3. The summed E-state index contributed by atoms with van der Waals surface area (Å²) in [5, 5.41) is 17.4. The van der Waals surface area contributed by atoms with Gasteiger partial charge in [0.15, 0.2) is 0 Å². The van der Waals surface area contributed by atoms with Gasteiger partial charge in [0, 0.05) is 23.7 Å². The number of nitrogens with zero attached hydrogens (tertiary/aromatic N) is 1. The van der Waals surface area contributed by atoms with E-state index in [0.29, 0.717) is 24.2 Å². The Labute approximate surface area is 124 Å². The molecule has 0 unspecified atom stereocenters. The lowest BCUT2D eigenvalue weighted by Gasteiger charge is -2.30. The number of carbonyl (C=O) groups is 1. The zero-order valence-electron chi connectivity index (χ0n) is 12.7. The molecular weight excluding hydrogens is 270 g/mol. The number of fused-ring (bicyclic) bond motifs is 1. The van der Waals surface area contributed by atoms with Crippen LogP contribution in [0, 0.1) is 10.1 Å². The molecule has 1 aliphatic heterocycles. The lowest BCUT2D eigenvalue weighted by molar-refractivity contribution is -0.384. The van der Waals surface area contributed by atoms with Crippen LogP contribution < -0.4 is 10.6 Å². The summed E-state index contributed by atoms with van der Waals surface area (Å²) < 4.78 is 0. The summed E-state index contributed by atoms with van der Waals surface area (Å²) in [5.41, 5.74) is 1.82. The normalized spacial score (nSPS) is 14.3. The summed E-state index contributed by atoms with van der Waals surface area (Å²) in [5.74, 6) is -0.0453. The molecule has 1 heterocycles. The first kappa shape index (κ1) is 15.3. The van der Waals surface area contributed by atoms with Crippen LogP contribution in [0.3, 0.4) is 0 Å². The number of amides is 1. The molecule has 0 spiro atoms. The molecule has 1 aromatic rings. The molecule has 1 aliphatic rings. The second kappa shape index (κ2) is 5.71. The number of carbonyl (C=O) groups excluding carboxylic acids is 1. The summed E-state index contributed by atoms with van der Waals surface area (Å²) in [6.45, 7) is 6.12. The Hall–Kier alpha value is -2.11. The Kier molecular flexibility index (Phi) is 4.16. The highest BCUT2D eigenvalue weighted by Crippen LogP contribution is 2.36. The van der Waals surface area contributed by atoms with Gasteiger partial charge in [0.2, 0.25) is 5.91 Å². The Bertz CT molecular complexity index is 580. The topological polar surface area (TPSA) is 84.3 Å². The molecule has 6 nitrogen and oxygen atoms in total. The first-order valence-corrected chi connectivity index (χ1v) is 7.28. The van der Waals surface area contributed by atoms with Gasteiger partial charge in [-0.3, -0.25) is 14.9 Å². The summed E-state index contributed by atoms with van der Waals surface area (Å²) in [4.78, 5) is 22.4. The molecule has 2 N–H and O–H groups in total. The van der Waals surface area contributed by atoms with Crippen molar-refractivity contribution < 1.29 is 9.72 Å². The fourth-order valence-electron chi connectivity index (χ4n) is 2.42. The third-order valence-electron chi connectivity index (χ3n) is 4.31. The smallest absolute Gasteiger partial charge is 0.292 e. The number of anilines is 2. The number of nitrogens with one attached hydrogen (secondary N) is 2. The van der Waals surface area contributed by atoms with E-state index < -0.39 is 0 Å². The van der Waals surface area contributed by atoms with Gasteiger partial charge in [-0.25, -0.2) is 0 Å². The highest BCUT2D eigenvalue weighted by Gasteiger charge is 2.27. The van der Waals surface area contributed by atoms with Crippen molar-refractivity contribution in [3.63, 3.8) is 0 Å². The molecule has 0 aromatic heterocycles. The minimum absolute atomic E-state index is 0.0453. The molecule has 1 aromatic carbocycles. The molecule has 1 amide bonds. The van der Waals surface area contributed by atoms with Crippen molar-refractivity contribution in [3.8, 4) is 0 Å². The van der Waals surface area contributed by atoms with Crippen LogP contribution >= 0.6 is 0 Å². The first-order valence-electron chi connectivity index (χ1n) is 7.28. The van der Waals surface area contributed by atoms with Gasteiger partial charge in [0.1, 0.15) is 5.69 Å². The number of hydrogen-bond acceptors (Lipinski definition) is 4. The number of rotatable bonds is 5. The number of nitro benzene ring substituents is 1. The SMILES string of the molecule is CCC(C)(CC)Nc1cc2c(cc1[N+](=O)[O-])CCC(=O)N2. The van der Waals surface area contributed by atoms with Gasteiger partial charge < -0.3 is 10.6 Å². The molecule has 0 bridgehead atoms. The van der Waals surface area contributed by atoms with E-state index in [-0.39, 0.29) is 22.1 Å². The molecule has 114 valence electrons. The molecule has 2 rings (SSSR count). The van der Waals surface area contributed by atoms with E-state index in [9.17, 15) is 14.9 Å². The minimum atomic E-state index is -0.370. The molecule has 0 radical (unpaired) electrons. The maximum Gasteiger partial charge on any atom is 0.292 e. The molecule has 0 aliphatic carbocycles. The van der Waals surface area contributed by atoms with Crippen molar-refractivity contribution in [3.05, 3.63) is 27.8 Å². The highest BCUT2D eigenvalue weighted by atomic mass is 16.6. The zero-order valence-corrected chi connectivity index (χ0v) is 12.7. The quantitative estimate of drug-likeness (QED) is 0.642. The monoisotopic (exact) mass is 291 g/mol. The van der Waals surface area contributed by atoms with E-state index in [4.69, 9.17) is 0 Å². The van der Waals surface area contributed by atoms with Gasteiger partial charge in [0.25, 0.3) is 5.69 Å². The van der Waals surface area contributed by atoms with Crippen LogP contribution in [0.5, 0.6) is 0 Å². The van der Waals surface area contributed by atoms with Gasteiger partial charge in [-0.1, -0.05) is 13.8 Å².